The molecule has 0 heterocycles. The molecule has 0 saturated heterocycles. The molecule has 5 nitrogen and oxygen atoms in total. The molecule has 1 aromatic carbocycles. The SMILES string of the molecule is CCN(c1cc(C(=O)O)ccc1N)C(C)COC. The second kappa shape index (κ2) is 6.26. The molecule has 0 aliphatic rings. The third kappa shape index (κ3) is 3.13. The van der Waals surface area contributed by atoms with Crippen LogP contribution < -0.4 is 10.6 Å². The molecule has 0 aliphatic heterocycles. The van der Waals surface area contributed by atoms with Crippen molar-refractivity contribution in [3.8, 4) is 0 Å². The van der Waals surface area contributed by atoms with Crippen LogP contribution in [0.4, 0.5) is 11.4 Å². The fraction of sp³-hybridized carbons (Fsp3) is 0.462. The van der Waals surface area contributed by atoms with E-state index in [0.717, 1.165) is 12.2 Å². The molecule has 1 aromatic rings. The molecule has 0 aromatic heterocycles. The van der Waals surface area contributed by atoms with Gasteiger partial charge in [0.25, 0.3) is 0 Å². The first-order valence-electron chi connectivity index (χ1n) is 5.89. The topological polar surface area (TPSA) is 75.8 Å². The van der Waals surface area contributed by atoms with Crippen molar-refractivity contribution in [1.29, 1.82) is 0 Å². The van der Waals surface area contributed by atoms with Gasteiger partial charge in [-0.05, 0) is 32.0 Å². The summed E-state index contributed by atoms with van der Waals surface area (Å²) in [5, 5.41) is 9.01. The van der Waals surface area contributed by atoms with Crippen LogP contribution >= 0.6 is 0 Å². The van der Waals surface area contributed by atoms with E-state index in [1.165, 1.54) is 6.07 Å². The average molecular weight is 252 g/mol. The highest BCUT2D eigenvalue weighted by molar-refractivity contribution is 5.90. The van der Waals surface area contributed by atoms with Crippen molar-refractivity contribution in [2.24, 2.45) is 0 Å². The van der Waals surface area contributed by atoms with Gasteiger partial charge in [0, 0.05) is 19.7 Å². The highest BCUT2D eigenvalue weighted by atomic mass is 16.5. The molecule has 0 bridgehead atoms. The van der Waals surface area contributed by atoms with E-state index in [0.29, 0.717) is 12.3 Å². The van der Waals surface area contributed by atoms with Crippen LogP contribution in [0, 0.1) is 0 Å². The molecule has 1 rings (SSSR count). The van der Waals surface area contributed by atoms with Gasteiger partial charge in [0.2, 0.25) is 0 Å². The van der Waals surface area contributed by atoms with Crippen LogP contribution in [0.5, 0.6) is 0 Å². The highest BCUT2D eigenvalue weighted by Crippen LogP contribution is 2.26. The number of methoxy groups -OCH3 is 1. The van der Waals surface area contributed by atoms with Crippen molar-refractivity contribution in [1.82, 2.24) is 0 Å². The third-order valence-corrected chi connectivity index (χ3v) is 2.87. The first kappa shape index (κ1) is 14.3. The van der Waals surface area contributed by atoms with Gasteiger partial charge in [-0.3, -0.25) is 0 Å². The molecule has 0 amide bonds. The lowest BCUT2D eigenvalue weighted by Crippen LogP contribution is -2.36. The molecular formula is C13H20N2O3. The number of nitrogen functional groups attached to an aromatic ring is 1. The van der Waals surface area contributed by atoms with E-state index >= 15 is 0 Å². The molecule has 18 heavy (non-hydrogen) atoms. The zero-order valence-electron chi connectivity index (χ0n) is 11.0. The van der Waals surface area contributed by atoms with Crippen molar-refractivity contribution in [3.63, 3.8) is 0 Å². The Morgan fingerprint density at radius 1 is 1.56 bits per heavy atom. The summed E-state index contributed by atoms with van der Waals surface area (Å²) < 4.78 is 5.13. The standard InChI is InChI=1S/C13H20N2O3/c1-4-15(9(2)8-18-3)12-7-10(13(16)17)5-6-11(12)14/h5-7,9H,4,8,14H2,1-3H3,(H,16,17). The van der Waals surface area contributed by atoms with E-state index in [2.05, 4.69) is 0 Å². The molecule has 0 saturated carbocycles. The fourth-order valence-corrected chi connectivity index (χ4v) is 1.98. The van der Waals surface area contributed by atoms with Crippen LogP contribution in [0.2, 0.25) is 0 Å². The Morgan fingerprint density at radius 2 is 2.22 bits per heavy atom. The van der Waals surface area contributed by atoms with Gasteiger partial charge < -0.3 is 20.5 Å². The average Bonchev–Trinajstić information content (AvgIpc) is 2.32. The van der Waals surface area contributed by atoms with Gasteiger partial charge in [0.05, 0.1) is 23.5 Å². The number of rotatable bonds is 6. The molecule has 1 atom stereocenters. The first-order chi connectivity index (χ1) is 8.51. The van der Waals surface area contributed by atoms with Crippen molar-refractivity contribution in [2.75, 3.05) is 30.9 Å². The number of nitrogens with zero attached hydrogens (tertiary/aromatic N) is 1. The maximum atomic E-state index is 11.0. The molecule has 0 radical (unpaired) electrons. The molecule has 0 aliphatic carbocycles. The Labute approximate surface area is 107 Å². The highest BCUT2D eigenvalue weighted by Gasteiger charge is 2.17. The molecule has 5 heteroatoms. The summed E-state index contributed by atoms with van der Waals surface area (Å²) in [6.07, 6.45) is 0. The van der Waals surface area contributed by atoms with E-state index in [-0.39, 0.29) is 11.6 Å². The van der Waals surface area contributed by atoms with Crippen LogP contribution in [-0.2, 0) is 4.74 Å². The summed E-state index contributed by atoms with van der Waals surface area (Å²) in [4.78, 5) is 13.0. The third-order valence-electron chi connectivity index (χ3n) is 2.87. The lowest BCUT2D eigenvalue weighted by atomic mass is 10.1. The van der Waals surface area contributed by atoms with Gasteiger partial charge in [-0.2, -0.15) is 0 Å². The van der Waals surface area contributed by atoms with Crippen LogP contribution in [0.1, 0.15) is 24.2 Å². The number of ether oxygens (including phenoxy) is 1. The smallest absolute Gasteiger partial charge is 0.335 e. The molecule has 1 unspecified atom stereocenters. The van der Waals surface area contributed by atoms with Gasteiger partial charge in [-0.15, -0.1) is 0 Å². The lowest BCUT2D eigenvalue weighted by molar-refractivity contribution is 0.0697. The van der Waals surface area contributed by atoms with E-state index < -0.39 is 5.97 Å². The fourth-order valence-electron chi connectivity index (χ4n) is 1.98. The van der Waals surface area contributed by atoms with Crippen LogP contribution in [-0.4, -0.2) is 37.4 Å². The second-order valence-corrected chi connectivity index (χ2v) is 4.17. The van der Waals surface area contributed by atoms with Crippen LogP contribution in [0.3, 0.4) is 0 Å². The summed E-state index contributed by atoms with van der Waals surface area (Å²) in [6.45, 7) is 5.31. The Kier molecular flexibility index (Phi) is 4.97. The lowest BCUT2D eigenvalue weighted by Gasteiger charge is -2.31. The number of anilines is 2. The largest absolute Gasteiger partial charge is 0.478 e. The Hall–Kier alpha value is -1.75. The predicted octanol–water partition coefficient (Wildman–Crippen LogP) is 1.83. The van der Waals surface area contributed by atoms with Crippen molar-refractivity contribution >= 4 is 17.3 Å². The van der Waals surface area contributed by atoms with Crippen LogP contribution in [0.15, 0.2) is 18.2 Å². The van der Waals surface area contributed by atoms with Gasteiger partial charge in [-0.1, -0.05) is 0 Å². The minimum absolute atomic E-state index is 0.131. The zero-order chi connectivity index (χ0) is 13.7. The predicted molar refractivity (Wildman–Crippen MR) is 72.2 cm³/mol. The zero-order valence-corrected chi connectivity index (χ0v) is 11.0. The van der Waals surface area contributed by atoms with Crippen LogP contribution in [0.25, 0.3) is 0 Å². The molecular weight excluding hydrogens is 232 g/mol. The number of nitrogens with two attached hydrogens (primary N) is 1. The van der Waals surface area contributed by atoms with E-state index in [4.69, 9.17) is 15.6 Å². The minimum Gasteiger partial charge on any atom is -0.478 e. The Morgan fingerprint density at radius 3 is 2.72 bits per heavy atom. The number of carbonyl (C=O) groups is 1. The summed E-state index contributed by atoms with van der Waals surface area (Å²) >= 11 is 0. The number of likely N-dealkylation sites (N-methyl/N-ethyl adjacent to an activating group) is 1. The normalized spacial score (nSPS) is 12.2. The second-order valence-electron chi connectivity index (χ2n) is 4.17. The summed E-state index contributed by atoms with van der Waals surface area (Å²) in [5.74, 6) is -0.952. The summed E-state index contributed by atoms with van der Waals surface area (Å²) in [6, 6.07) is 4.87. The van der Waals surface area contributed by atoms with E-state index in [1.807, 2.05) is 18.7 Å². The molecule has 0 fully saturated rings. The molecule has 0 spiro atoms. The number of benzene rings is 1. The number of hydrogen-bond acceptors (Lipinski definition) is 4. The van der Waals surface area contributed by atoms with E-state index in [9.17, 15) is 4.79 Å². The summed E-state index contributed by atoms with van der Waals surface area (Å²) in [5.41, 5.74) is 7.47. The minimum atomic E-state index is -0.952. The Bertz CT molecular complexity index is 421. The first-order valence-corrected chi connectivity index (χ1v) is 5.89. The maximum absolute atomic E-state index is 11.0. The Balaban J connectivity index is 3.11. The van der Waals surface area contributed by atoms with E-state index in [1.54, 1.807) is 19.2 Å². The van der Waals surface area contributed by atoms with Crippen molar-refractivity contribution in [2.45, 2.75) is 19.9 Å². The number of aromatic carboxylic acids is 1. The molecule has 100 valence electrons. The number of carboxylic acid groups (broad SMARTS) is 1. The quantitative estimate of drug-likeness (QED) is 0.755. The van der Waals surface area contributed by atoms with Gasteiger partial charge >= 0.3 is 5.97 Å². The van der Waals surface area contributed by atoms with Crippen molar-refractivity contribution < 1.29 is 14.6 Å². The number of hydrogen-bond donors (Lipinski definition) is 2. The van der Waals surface area contributed by atoms with Gasteiger partial charge in [0.15, 0.2) is 0 Å². The molecule has 3 N–H and O–H groups in total. The van der Waals surface area contributed by atoms with Gasteiger partial charge in [0.1, 0.15) is 0 Å². The summed E-state index contributed by atoms with van der Waals surface area (Å²) in [7, 11) is 1.64. The maximum Gasteiger partial charge on any atom is 0.335 e. The monoisotopic (exact) mass is 252 g/mol. The van der Waals surface area contributed by atoms with Crippen molar-refractivity contribution in [3.05, 3.63) is 23.8 Å². The van der Waals surface area contributed by atoms with Gasteiger partial charge in [-0.25, -0.2) is 4.79 Å². The number of carboxylic acids is 1.